The summed E-state index contributed by atoms with van der Waals surface area (Å²) >= 11 is 0. The lowest BCUT2D eigenvalue weighted by Crippen LogP contribution is -2.15. The van der Waals surface area contributed by atoms with Crippen molar-refractivity contribution in [3.8, 4) is 0 Å². The van der Waals surface area contributed by atoms with Gasteiger partial charge in [-0.05, 0) is 55.0 Å². The van der Waals surface area contributed by atoms with Gasteiger partial charge in [0.1, 0.15) is 5.78 Å². The van der Waals surface area contributed by atoms with Gasteiger partial charge in [-0.25, -0.2) is 0 Å². The molecule has 0 saturated carbocycles. The lowest BCUT2D eigenvalue weighted by molar-refractivity contribution is -0.118. The molecule has 1 aromatic rings. The second kappa shape index (κ2) is 3.23. The predicted octanol–water partition coefficient (Wildman–Crippen LogP) is 2.67. The first-order valence-corrected chi connectivity index (χ1v) is 5.20. The van der Waals surface area contributed by atoms with E-state index in [2.05, 4.69) is 26.8 Å². The first-order valence-electron chi connectivity index (χ1n) is 5.20. The van der Waals surface area contributed by atoms with Crippen LogP contribution in [0.25, 0.3) is 0 Å². The van der Waals surface area contributed by atoms with Crippen LogP contribution in [0.4, 0.5) is 0 Å². The molecule has 0 amide bonds. The summed E-state index contributed by atoms with van der Waals surface area (Å²) in [7, 11) is 0. The summed E-state index contributed by atoms with van der Waals surface area (Å²) in [5, 5.41) is 0. The number of ketones is 1. The summed E-state index contributed by atoms with van der Waals surface area (Å²) < 4.78 is 0. The quantitative estimate of drug-likeness (QED) is 0.611. The van der Waals surface area contributed by atoms with E-state index in [1.165, 1.54) is 27.8 Å². The van der Waals surface area contributed by atoms with Gasteiger partial charge in [-0.1, -0.05) is 6.07 Å². The number of rotatable bonds is 0. The van der Waals surface area contributed by atoms with Crippen LogP contribution in [0.2, 0.25) is 0 Å². The normalized spacial score (nSPS) is 15.5. The number of aryl methyl sites for hydroxylation is 2. The van der Waals surface area contributed by atoms with Crippen molar-refractivity contribution in [3.05, 3.63) is 33.9 Å². The second-order valence-electron chi connectivity index (χ2n) is 4.30. The number of benzene rings is 1. The molecule has 0 aromatic heterocycles. The number of hydrogen-bond donors (Lipinski definition) is 0. The maximum atomic E-state index is 11.4. The topological polar surface area (TPSA) is 17.1 Å². The molecular formula is C13H16O. The molecule has 0 bridgehead atoms. The second-order valence-corrected chi connectivity index (χ2v) is 4.30. The zero-order valence-corrected chi connectivity index (χ0v) is 9.11. The van der Waals surface area contributed by atoms with Crippen LogP contribution in [0.5, 0.6) is 0 Å². The minimum atomic E-state index is 0.392. The van der Waals surface area contributed by atoms with Crippen molar-refractivity contribution in [3.63, 3.8) is 0 Å². The average molecular weight is 188 g/mol. The van der Waals surface area contributed by atoms with Crippen LogP contribution in [-0.2, 0) is 17.6 Å². The van der Waals surface area contributed by atoms with Gasteiger partial charge in [0.15, 0.2) is 0 Å². The van der Waals surface area contributed by atoms with Crippen LogP contribution >= 0.6 is 0 Å². The molecule has 14 heavy (non-hydrogen) atoms. The van der Waals surface area contributed by atoms with Gasteiger partial charge in [0.2, 0.25) is 0 Å². The molecule has 0 unspecified atom stereocenters. The standard InChI is InChI=1S/C13H16O/c1-8-6-11-4-5-12(14)7-13(11)10(3)9(8)2/h6H,4-5,7H2,1-3H3. The molecule has 0 spiro atoms. The van der Waals surface area contributed by atoms with E-state index in [1.807, 2.05) is 0 Å². The molecular weight excluding hydrogens is 172 g/mol. The van der Waals surface area contributed by atoms with E-state index in [4.69, 9.17) is 0 Å². The van der Waals surface area contributed by atoms with Crippen LogP contribution in [0, 0.1) is 20.8 Å². The zero-order valence-electron chi connectivity index (χ0n) is 9.11. The molecule has 0 fully saturated rings. The van der Waals surface area contributed by atoms with E-state index in [0.29, 0.717) is 12.2 Å². The van der Waals surface area contributed by atoms with Gasteiger partial charge >= 0.3 is 0 Å². The smallest absolute Gasteiger partial charge is 0.137 e. The summed E-state index contributed by atoms with van der Waals surface area (Å²) in [6.45, 7) is 6.43. The first kappa shape index (κ1) is 9.45. The largest absolute Gasteiger partial charge is 0.299 e. The fourth-order valence-corrected chi connectivity index (χ4v) is 2.25. The SMILES string of the molecule is Cc1cc2c(c(C)c1C)CC(=O)CC2. The highest BCUT2D eigenvalue weighted by molar-refractivity contribution is 5.83. The monoisotopic (exact) mass is 188 g/mol. The number of fused-ring (bicyclic) bond motifs is 1. The maximum absolute atomic E-state index is 11.4. The van der Waals surface area contributed by atoms with E-state index in [1.54, 1.807) is 0 Å². The summed E-state index contributed by atoms with van der Waals surface area (Å²) in [6.07, 6.45) is 2.33. The molecule has 0 atom stereocenters. The van der Waals surface area contributed by atoms with Crippen LogP contribution in [0.1, 0.15) is 34.2 Å². The highest BCUT2D eigenvalue weighted by Crippen LogP contribution is 2.27. The third-order valence-electron chi connectivity index (χ3n) is 3.43. The highest BCUT2D eigenvalue weighted by atomic mass is 16.1. The molecule has 1 aromatic carbocycles. The number of carbonyl (C=O) groups excluding carboxylic acids is 1. The Balaban J connectivity index is 2.60. The molecule has 0 saturated heterocycles. The van der Waals surface area contributed by atoms with Gasteiger partial charge in [-0.2, -0.15) is 0 Å². The Hall–Kier alpha value is -1.11. The lowest BCUT2D eigenvalue weighted by Gasteiger charge is -2.20. The van der Waals surface area contributed by atoms with Gasteiger partial charge in [-0.3, -0.25) is 4.79 Å². The van der Waals surface area contributed by atoms with E-state index in [-0.39, 0.29) is 0 Å². The van der Waals surface area contributed by atoms with Crippen molar-refractivity contribution in [2.45, 2.75) is 40.0 Å². The van der Waals surface area contributed by atoms with E-state index in [0.717, 1.165) is 12.8 Å². The van der Waals surface area contributed by atoms with Crippen LogP contribution < -0.4 is 0 Å². The molecule has 0 heterocycles. The van der Waals surface area contributed by atoms with E-state index >= 15 is 0 Å². The Kier molecular flexibility index (Phi) is 2.18. The van der Waals surface area contributed by atoms with Crippen molar-refractivity contribution < 1.29 is 4.79 Å². The molecule has 0 aliphatic heterocycles. The summed E-state index contributed by atoms with van der Waals surface area (Å²) in [4.78, 5) is 11.4. The first-order chi connectivity index (χ1) is 6.59. The third-order valence-corrected chi connectivity index (χ3v) is 3.43. The number of carbonyl (C=O) groups is 1. The molecule has 1 nitrogen and oxygen atoms in total. The van der Waals surface area contributed by atoms with Crippen LogP contribution in [-0.4, -0.2) is 5.78 Å². The number of hydrogen-bond acceptors (Lipinski definition) is 1. The summed E-state index contributed by atoms with van der Waals surface area (Å²) in [5.74, 6) is 0.392. The van der Waals surface area contributed by atoms with Crippen molar-refractivity contribution in [1.29, 1.82) is 0 Å². The molecule has 0 N–H and O–H groups in total. The molecule has 1 heteroatoms. The van der Waals surface area contributed by atoms with E-state index < -0.39 is 0 Å². The van der Waals surface area contributed by atoms with Crippen molar-refractivity contribution in [2.75, 3.05) is 0 Å². The van der Waals surface area contributed by atoms with Gasteiger partial charge in [-0.15, -0.1) is 0 Å². The van der Waals surface area contributed by atoms with Gasteiger partial charge < -0.3 is 0 Å². The molecule has 74 valence electrons. The summed E-state index contributed by atoms with van der Waals surface area (Å²) in [5.41, 5.74) is 6.72. The average Bonchev–Trinajstić information content (AvgIpc) is 2.16. The van der Waals surface area contributed by atoms with Crippen LogP contribution in [0.3, 0.4) is 0 Å². The molecule has 2 rings (SSSR count). The number of Topliss-reactive ketones (excluding diaryl/α,β-unsaturated/α-hetero) is 1. The predicted molar refractivity (Wildman–Crippen MR) is 57.7 cm³/mol. The van der Waals surface area contributed by atoms with Crippen molar-refractivity contribution in [2.24, 2.45) is 0 Å². The molecule has 1 aliphatic rings. The minimum absolute atomic E-state index is 0.392. The third kappa shape index (κ3) is 1.37. The Morgan fingerprint density at radius 1 is 1.07 bits per heavy atom. The minimum Gasteiger partial charge on any atom is -0.299 e. The van der Waals surface area contributed by atoms with Gasteiger partial charge in [0.25, 0.3) is 0 Å². The lowest BCUT2D eigenvalue weighted by atomic mass is 9.84. The molecule has 1 aliphatic carbocycles. The van der Waals surface area contributed by atoms with Gasteiger partial charge in [0, 0.05) is 12.8 Å². The Labute approximate surface area is 85.1 Å². The van der Waals surface area contributed by atoms with E-state index in [9.17, 15) is 4.79 Å². The molecule has 0 radical (unpaired) electrons. The van der Waals surface area contributed by atoms with Crippen LogP contribution in [0.15, 0.2) is 6.07 Å². The zero-order chi connectivity index (χ0) is 10.3. The van der Waals surface area contributed by atoms with Crippen molar-refractivity contribution >= 4 is 5.78 Å². The fraction of sp³-hybridized carbons (Fsp3) is 0.462. The Morgan fingerprint density at radius 3 is 2.50 bits per heavy atom. The Bertz CT molecular complexity index is 402. The highest BCUT2D eigenvalue weighted by Gasteiger charge is 2.18. The summed E-state index contributed by atoms with van der Waals surface area (Å²) in [6, 6.07) is 2.25. The fourth-order valence-electron chi connectivity index (χ4n) is 2.25. The van der Waals surface area contributed by atoms with Crippen molar-refractivity contribution in [1.82, 2.24) is 0 Å². The maximum Gasteiger partial charge on any atom is 0.137 e. The van der Waals surface area contributed by atoms with Gasteiger partial charge in [0.05, 0.1) is 0 Å². The Morgan fingerprint density at radius 2 is 1.79 bits per heavy atom.